The van der Waals surface area contributed by atoms with Gasteiger partial charge in [-0.05, 0) is 69.2 Å². The summed E-state index contributed by atoms with van der Waals surface area (Å²) in [6.45, 7) is 7.99. The highest BCUT2D eigenvalue weighted by Gasteiger charge is 2.72. The SMILES string of the molecule is COc1cccc(NC(=O)C2C3C=CC4(O3)C2C(=O)N(CCCN2CCCC(C)C2)C4C(=O)NC2CCCCC2C)c1.Cl. The number of carbonyl (C=O) groups is 3. The molecule has 4 fully saturated rings. The molecular formula is C33H47ClN4O5. The Morgan fingerprint density at radius 2 is 1.91 bits per heavy atom. The highest BCUT2D eigenvalue weighted by atomic mass is 35.5. The average molecular weight is 615 g/mol. The van der Waals surface area contributed by atoms with Crippen LogP contribution in [0.3, 0.4) is 0 Å². The number of hydrogen-bond donors (Lipinski definition) is 2. The van der Waals surface area contributed by atoms with Crippen LogP contribution in [0.5, 0.6) is 5.75 Å². The smallest absolute Gasteiger partial charge is 0.246 e. The third-order valence-electron chi connectivity index (χ3n) is 10.3. The maximum atomic E-state index is 14.3. The van der Waals surface area contributed by atoms with Crippen molar-refractivity contribution in [2.75, 3.05) is 38.6 Å². The van der Waals surface area contributed by atoms with Crippen LogP contribution >= 0.6 is 12.4 Å². The Morgan fingerprint density at radius 3 is 2.67 bits per heavy atom. The lowest BCUT2D eigenvalue weighted by atomic mass is 9.74. The molecule has 5 aliphatic rings. The van der Waals surface area contributed by atoms with Gasteiger partial charge in [-0.25, -0.2) is 0 Å². The van der Waals surface area contributed by atoms with Gasteiger partial charge in [-0.3, -0.25) is 14.4 Å². The molecule has 6 rings (SSSR count). The molecule has 8 unspecified atom stereocenters. The molecule has 43 heavy (non-hydrogen) atoms. The molecule has 1 aromatic rings. The number of piperidine rings is 1. The molecule has 8 atom stereocenters. The van der Waals surface area contributed by atoms with Gasteiger partial charge < -0.3 is 29.9 Å². The van der Waals surface area contributed by atoms with E-state index in [1.165, 1.54) is 19.3 Å². The van der Waals surface area contributed by atoms with Crippen LogP contribution in [0.2, 0.25) is 0 Å². The monoisotopic (exact) mass is 614 g/mol. The minimum Gasteiger partial charge on any atom is -0.497 e. The van der Waals surface area contributed by atoms with E-state index in [9.17, 15) is 14.4 Å². The number of benzene rings is 1. The Balaban J connectivity index is 0.00000368. The van der Waals surface area contributed by atoms with Crippen molar-refractivity contribution in [1.29, 1.82) is 0 Å². The topological polar surface area (TPSA) is 100 Å². The Hall–Kier alpha value is -2.62. The van der Waals surface area contributed by atoms with Gasteiger partial charge in [0.05, 0.1) is 25.0 Å². The maximum absolute atomic E-state index is 14.3. The molecule has 3 saturated heterocycles. The highest BCUT2D eigenvalue weighted by Crippen LogP contribution is 2.55. The molecule has 1 aliphatic carbocycles. The molecule has 3 amide bonds. The first-order valence-corrected chi connectivity index (χ1v) is 16.0. The number of ether oxygens (including phenoxy) is 2. The standard InChI is InChI=1S/C33H46N4O5.ClH/c1-21-9-7-16-36(20-21)17-8-18-37-29(31(39)35-25-13-5-4-10-22(25)2)33-15-14-26(42-33)27(28(33)32(37)40)30(38)34-23-11-6-12-24(19-23)41-3;/h6,11-12,14-15,19,21-22,25-29H,4-5,7-10,13,16-18,20H2,1-3H3,(H,34,38)(H,35,39);1H. The van der Waals surface area contributed by atoms with Gasteiger partial charge >= 0.3 is 0 Å². The Kier molecular flexibility index (Phi) is 9.73. The number of methoxy groups -OCH3 is 1. The second kappa shape index (κ2) is 13.2. The van der Waals surface area contributed by atoms with Crippen LogP contribution < -0.4 is 15.4 Å². The summed E-state index contributed by atoms with van der Waals surface area (Å²) in [5.41, 5.74) is -0.543. The van der Waals surface area contributed by atoms with E-state index in [4.69, 9.17) is 9.47 Å². The molecule has 236 valence electrons. The summed E-state index contributed by atoms with van der Waals surface area (Å²) < 4.78 is 11.8. The van der Waals surface area contributed by atoms with Gasteiger partial charge in [-0.1, -0.05) is 44.9 Å². The zero-order valence-electron chi connectivity index (χ0n) is 25.6. The zero-order valence-corrected chi connectivity index (χ0v) is 26.4. The van der Waals surface area contributed by atoms with Crippen molar-refractivity contribution in [1.82, 2.24) is 15.1 Å². The third kappa shape index (κ3) is 6.05. The van der Waals surface area contributed by atoms with E-state index in [1.54, 1.807) is 24.1 Å². The number of rotatable bonds is 9. The number of anilines is 1. The summed E-state index contributed by atoms with van der Waals surface area (Å²) in [5.74, 6) is -0.347. The summed E-state index contributed by atoms with van der Waals surface area (Å²) in [6.07, 6.45) is 10.8. The van der Waals surface area contributed by atoms with Gasteiger partial charge in [0.1, 0.15) is 17.4 Å². The predicted octanol–water partition coefficient (Wildman–Crippen LogP) is 4.02. The normalized spacial score (nSPS) is 34.9. The van der Waals surface area contributed by atoms with Crippen molar-refractivity contribution in [2.24, 2.45) is 23.7 Å². The second-order valence-corrected chi connectivity index (χ2v) is 13.2. The molecule has 10 heteroatoms. The van der Waals surface area contributed by atoms with Gasteiger partial charge in [-0.2, -0.15) is 0 Å². The first-order chi connectivity index (χ1) is 20.3. The molecule has 1 saturated carbocycles. The zero-order chi connectivity index (χ0) is 29.4. The number of carbonyl (C=O) groups excluding carboxylic acids is 3. The van der Waals surface area contributed by atoms with Crippen molar-refractivity contribution in [3.63, 3.8) is 0 Å². The van der Waals surface area contributed by atoms with Gasteiger partial charge in [-0.15, -0.1) is 12.4 Å². The van der Waals surface area contributed by atoms with E-state index >= 15 is 0 Å². The van der Waals surface area contributed by atoms with Crippen LogP contribution in [-0.2, 0) is 19.1 Å². The summed E-state index contributed by atoms with van der Waals surface area (Å²) >= 11 is 0. The molecule has 4 heterocycles. The lowest BCUT2D eigenvalue weighted by Crippen LogP contribution is -2.57. The van der Waals surface area contributed by atoms with Crippen molar-refractivity contribution in [2.45, 2.75) is 82.6 Å². The number of likely N-dealkylation sites (tertiary alicyclic amines) is 2. The fourth-order valence-electron chi connectivity index (χ4n) is 8.18. The number of hydrogen-bond acceptors (Lipinski definition) is 6. The lowest BCUT2D eigenvalue weighted by Gasteiger charge is -2.36. The second-order valence-electron chi connectivity index (χ2n) is 13.2. The molecule has 1 aromatic carbocycles. The van der Waals surface area contributed by atoms with Gasteiger partial charge in [0, 0.05) is 30.9 Å². The van der Waals surface area contributed by atoms with Crippen LogP contribution in [-0.4, -0.2) is 84.6 Å². The van der Waals surface area contributed by atoms with Crippen molar-refractivity contribution in [3.05, 3.63) is 36.4 Å². The summed E-state index contributed by atoms with van der Waals surface area (Å²) in [4.78, 5) is 46.4. The third-order valence-corrected chi connectivity index (χ3v) is 10.3. The number of halogens is 1. The van der Waals surface area contributed by atoms with Gasteiger partial charge in [0.25, 0.3) is 0 Å². The van der Waals surface area contributed by atoms with Crippen molar-refractivity contribution in [3.8, 4) is 5.75 Å². The fourth-order valence-corrected chi connectivity index (χ4v) is 8.18. The molecule has 2 bridgehead atoms. The molecule has 1 spiro atoms. The quantitative estimate of drug-likeness (QED) is 0.408. The Labute approximate surface area is 261 Å². The van der Waals surface area contributed by atoms with Crippen LogP contribution in [0.1, 0.15) is 58.8 Å². The van der Waals surface area contributed by atoms with E-state index < -0.39 is 29.6 Å². The fraction of sp³-hybridized carbons (Fsp3) is 0.667. The van der Waals surface area contributed by atoms with E-state index in [2.05, 4.69) is 29.4 Å². The first kappa shape index (κ1) is 31.8. The largest absolute Gasteiger partial charge is 0.497 e. The lowest BCUT2D eigenvalue weighted by molar-refractivity contribution is -0.141. The van der Waals surface area contributed by atoms with E-state index in [0.717, 1.165) is 45.3 Å². The molecule has 2 N–H and O–H groups in total. The number of fused-ring (bicyclic) bond motifs is 1. The van der Waals surface area contributed by atoms with E-state index in [-0.39, 0.29) is 36.2 Å². The maximum Gasteiger partial charge on any atom is 0.246 e. The molecule has 4 aliphatic heterocycles. The number of amides is 3. The predicted molar refractivity (Wildman–Crippen MR) is 167 cm³/mol. The molecule has 0 aromatic heterocycles. The van der Waals surface area contributed by atoms with E-state index in [1.807, 2.05) is 24.3 Å². The minimum atomic E-state index is -1.14. The van der Waals surface area contributed by atoms with Crippen molar-refractivity contribution >= 4 is 35.8 Å². The van der Waals surface area contributed by atoms with Crippen molar-refractivity contribution < 1.29 is 23.9 Å². The first-order valence-electron chi connectivity index (χ1n) is 16.0. The number of nitrogens with zero attached hydrogens (tertiary/aromatic N) is 2. The van der Waals surface area contributed by atoms with Crippen LogP contribution in [0.15, 0.2) is 36.4 Å². The Morgan fingerprint density at radius 1 is 1.09 bits per heavy atom. The number of nitrogens with one attached hydrogen (secondary N) is 2. The molecular weight excluding hydrogens is 568 g/mol. The van der Waals surface area contributed by atoms with E-state index in [0.29, 0.717) is 29.8 Å². The summed E-state index contributed by atoms with van der Waals surface area (Å²) in [5, 5.41) is 6.31. The Bertz CT molecular complexity index is 1230. The molecule has 0 radical (unpaired) electrons. The van der Waals surface area contributed by atoms with Crippen LogP contribution in [0.25, 0.3) is 0 Å². The molecule has 9 nitrogen and oxygen atoms in total. The average Bonchev–Trinajstić information content (AvgIpc) is 3.62. The minimum absolute atomic E-state index is 0. The highest BCUT2D eigenvalue weighted by molar-refractivity contribution is 6.02. The van der Waals surface area contributed by atoms with Gasteiger partial charge in [0.15, 0.2) is 0 Å². The summed E-state index contributed by atoms with van der Waals surface area (Å²) in [6, 6.07) is 6.47. The van der Waals surface area contributed by atoms with Gasteiger partial charge in [0.2, 0.25) is 17.7 Å². The van der Waals surface area contributed by atoms with Crippen LogP contribution in [0, 0.1) is 23.7 Å². The van der Waals surface area contributed by atoms with Crippen LogP contribution in [0.4, 0.5) is 5.69 Å². The summed E-state index contributed by atoms with van der Waals surface area (Å²) in [7, 11) is 1.58.